The van der Waals surface area contributed by atoms with Crippen LogP contribution in [0.4, 0.5) is 5.69 Å². The summed E-state index contributed by atoms with van der Waals surface area (Å²) >= 11 is 0. The van der Waals surface area contributed by atoms with Gasteiger partial charge in [-0.3, -0.25) is 9.78 Å². The van der Waals surface area contributed by atoms with E-state index in [1.54, 1.807) is 0 Å². The Morgan fingerprint density at radius 2 is 2.24 bits per heavy atom. The van der Waals surface area contributed by atoms with Crippen LogP contribution in [0.5, 0.6) is 0 Å². The summed E-state index contributed by atoms with van der Waals surface area (Å²) in [6.07, 6.45) is 4.72. The van der Waals surface area contributed by atoms with Crippen LogP contribution in [0.25, 0.3) is 11.5 Å². The number of aromatic amines is 1. The molecule has 0 fully saturated rings. The van der Waals surface area contributed by atoms with Gasteiger partial charge in [0.2, 0.25) is 0 Å². The van der Waals surface area contributed by atoms with Gasteiger partial charge in [0.15, 0.2) is 5.76 Å². The molecule has 0 atom stereocenters. The van der Waals surface area contributed by atoms with E-state index in [0.29, 0.717) is 6.54 Å². The van der Waals surface area contributed by atoms with E-state index in [1.807, 2.05) is 43.2 Å². The number of aromatic nitrogens is 4. The zero-order valence-corrected chi connectivity index (χ0v) is 12.5. The zero-order chi connectivity index (χ0) is 14.8. The third-order valence-corrected chi connectivity index (χ3v) is 3.41. The summed E-state index contributed by atoms with van der Waals surface area (Å²) in [7, 11) is 1.93. The van der Waals surface area contributed by atoms with Crippen molar-refractivity contribution in [3.05, 3.63) is 41.5 Å². The van der Waals surface area contributed by atoms with Crippen molar-refractivity contribution in [1.82, 2.24) is 20.0 Å². The minimum Gasteiger partial charge on any atom is -0.460 e. The van der Waals surface area contributed by atoms with Crippen LogP contribution >= 0.6 is 0 Å². The minimum atomic E-state index is 0.671. The number of hydrogen-bond donors (Lipinski definition) is 2. The molecule has 3 rings (SSSR count). The molecule has 3 aromatic heterocycles. The van der Waals surface area contributed by atoms with E-state index in [9.17, 15) is 0 Å². The highest BCUT2D eigenvalue weighted by Crippen LogP contribution is 2.24. The molecule has 0 aliphatic rings. The Labute approximate surface area is 123 Å². The van der Waals surface area contributed by atoms with E-state index >= 15 is 0 Å². The van der Waals surface area contributed by atoms with Crippen LogP contribution in [-0.4, -0.2) is 20.0 Å². The molecule has 6 heteroatoms. The van der Waals surface area contributed by atoms with Crippen LogP contribution in [0.3, 0.4) is 0 Å². The number of H-pyrrole nitrogens is 1. The standard InChI is InChI=1S/C15H19N5O/c1-4-12-13(9-20(3)19-12)16-7-11-8-17-18-15(11)14-6-5-10(2)21-14/h5-6,8-9,16H,4,7H2,1-3H3,(H,17,18). The third kappa shape index (κ3) is 2.69. The van der Waals surface area contributed by atoms with Crippen molar-refractivity contribution in [2.45, 2.75) is 26.8 Å². The summed E-state index contributed by atoms with van der Waals surface area (Å²) in [4.78, 5) is 0. The van der Waals surface area contributed by atoms with Crippen LogP contribution < -0.4 is 5.32 Å². The van der Waals surface area contributed by atoms with Crippen LogP contribution in [0.2, 0.25) is 0 Å². The van der Waals surface area contributed by atoms with Gasteiger partial charge < -0.3 is 9.73 Å². The van der Waals surface area contributed by atoms with E-state index in [-0.39, 0.29) is 0 Å². The van der Waals surface area contributed by atoms with Crippen LogP contribution in [0.15, 0.2) is 28.9 Å². The third-order valence-electron chi connectivity index (χ3n) is 3.41. The van der Waals surface area contributed by atoms with Crippen molar-refractivity contribution in [3.8, 4) is 11.5 Å². The molecule has 0 aliphatic heterocycles. The molecule has 0 amide bonds. The fraction of sp³-hybridized carbons (Fsp3) is 0.333. The van der Waals surface area contributed by atoms with Gasteiger partial charge in [0.1, 0.15) is 11.5 Å². The smallest absolute Gasteiger partial charge is 0.152 e. The molecule has 21 heavy (non-hydrogen) atoms. The van der Waals surface area contributed by atoms with Crippen molar-refractivity contribution in [2.75, 3.05) is 5.32 Å². The van der Waals surface area contributed by atoms with Gasteiger partial charge in [-0.15, -0.1) is 0 Å². The predicted molar refractivity (Wildman–Crippen MR) is 80.9 cm³/mol. The summed E-state index contributed by atoms with van der Waals surface area (Å²) < 4.78 is 7.48. The lowest BCUT2D eigenvalue weighted by Gasteiger charge is -2.05. The maximum absolute atomic E-state index is 5.65. The number of hydrogen-bond acceptors (Lipinski definition) is 4. The fourth-order valence-corrected chi connectivity index (χ4v) is 2.36. The minimum absolute atomic E-state index is 0.671. The van der Waals surface area contributed by atoms with Crippen molar-refractivity contribution in [1.29, 1.82) is 0 Å². The van der Waals surface area contributed by atoms with Gasteiger partial charge in [0.05, 0.1) is 17.6 Å². The van der Waals surface area contributed by atoms with Gasteiger partial charge in [0, 0.05) is 25.4 Å². The normalized spacial score (nSPS) is 11.0. The number of anilines is 1. The fourth-order valence-electron chi connectivity index (χ4n) is 2.36. The Balaban J connectivity index is 1.78. The van der Waals surface area contributed by atoms with Crippen LogP contribution in [-0.2, 0) is 20.0 Å². The maximum Gasteiger partial charge on any atom is 0.152 e. The zero-order valence-electron chi connectivity index (χ0n) is 12.5. The van der Waals surface area contributed by atoms with E-state index in [2.05, 4.69) is 27.5 Å². The Kier molecular flexibility index (Phi) is 3.51. The largest absolute Gasteiger partial charge is 0.460 e. The first-order valence-electron chi connectivity index (χ1n) is 7.02. The van der Waals surface area contributed by atoms with Gasteiger partial charge >= 0.3 is 0 Å². The lowest BCUT2D eigenvalue weighted by atomic mass is 10.2. The van der Waals surface area contributed by atoms with Gasteiger partial charge in [0.25, 0.3) is 0 Å². The van der Waals surface area contributed by atoms with Crippen LogP contribution in [0.1, 0.15) is 23.9 Å². The predicted octanol–water partition coefficient (Wildman–Crippen LogP) is 2.89. The second-order valence-electron chi connectivity index (χ2n) is 5.05. The van der Waals surface area contributed by atoms with Crippen molar-refractivity contribution >= 4 is 5.69 Å². The number of aryl methyl sites for hydroxylation is 3. The Bertz CT molecular complexity index is 737. The number of rotatable bonds is 5. The molecular formula is C15H19N5O. The molecule has 0 bridgehead atoms. The summed E-state index contributed by atoms with van der Waals surface area (Å²) in [5.41, 5.74) is 4.10. The van der Waals surface area contributed by atoms with E-state index < -0.39 is 0 Å². The maximum atomic E-state index is 5.65. The highest BCUT2D eigenvalue weighted by Gasteiger charge is 2.12. The van der Waals surface area contributed by atoms with E-state index in [4.69, 9.17) is 4.42 Å². The Morgan fingerprint density at radius 3 is 2.95 bits per heavy atom. The molecule has 3 aromatic rings. The molecule has 2 N–H and O–H groups in total. The number of nitrogens with one attached hydrogen (secondary N) is 2. The highest BCUT2D eigenvalue weighted by atomic mass is 16.3. The lowest BCUT2D eigenvalue weighted by molar-refractivity contribution is 0.545. The Hall–Kier alpha value is -2.50. The SMILES string of the molecule is CCc1nn(C)cc1NCc1cn[nH]c1-c1ccc(C)o1. The molecule has 0 radical (unpaired) electrons. The highest BCUT2D eigenvalue weighted by molar-refractivity contribution is 5.58. The Morgan fingerprint density at radius 1 is 1.38 bits per heavy atom. The monoisotopic (exact) mass is 285 g/mol. The van der Waals surface area contributed by atoms with Gasteiger partial charge in [-0.25, -0.2) is 0 Å². The van der Waals surface area contributed by atoms with E-state index in [0.717, 1.165) is 40.6 Å². The molecule has 0 aliphatic carbocycles. The first kappa shape index (κ1) is 13.5. The number of nitrogens with zero attached hydrogens (tertiary/aromatic N) is 3. The summed E-state index contributed by atoms with van der Waals surface area (Å²) in [6, 6.07) is 3.90. The molecular weight excluding hydrogens is 266 g/mol. The quantitative estimate of drug-likeness (QED) is 0.756. The molecule has 6 nitrogen and oxygen atoms in total. The van der Waals surface area contributed by atoms with Crippen LogP contribution in [0, 0.1) is 6.92 Å². The molecule has 0 saturated heterocycles. The van der Waals surface area contributed by atoms with E-state index in [1.165, 1.54) is 0 Å². The average molecular weight is 285 g/mol. The first-order chi connectivity index (χ1) is 10.2. The molecule has 0 aromatic carbocycles. The number of furan rings is 1. The molecule has 3 heterocycles. The summed E-state index contributed by atoms with van der Waals surface area (Å²) in [5.74, 6) is 1.70. The molecule has 0 spiro atoms. The van der Waals surface area contributed by atoms with Gasteiger partial charge in [-0.1, -0.05) is 6.92 Å². The van der Waals surface area contributed by atoms with Gasteiger partial charge in [-0.05, 0) is 25.5 Å². The topological polar surface area (TPSA) is 71.7 Å². The van der Waals surface area contributed by atoms with Crippen molar-refractivity contribution in [2.24, 2.45) is 7.05 Å². The molecule has 110 valence electrons. The van der Waals surface area contributed by atoms with Crippen molar-refractivity contribution in [3.63, 3.8) is 0 Å². The second kappa shape index (κ2) is 5.47. The summed E-state index contributed by atoms with van der Waals surface area (Å²) in [5, 5.41) is 15.0. The van der Waals surface area contributed by atoms with Gasteiger partial charge in [-0.2, -0.15) is 10.2 Å². The van der Waals surface area contributed by atoms with Crippen molar-refractivity contribution < 1.29 is 4.42 Å². The first-order valence-corrected chi connectivity index (χ1v) is 7.02. The molecule has 0 unspecified atom stereocenters. The molecule has 0 saturated carbocycles. The average Bonchev–Trinajstić information content (AvgIpc) is 3.15. The second-order valence-corrected chi connectivity index (χ2v) is 5.05. The lowest BCUT2D eigenvalue weighted by Crippen LogP contribution is -2.01. The summed E-state index contributed by atoms with van der Waals surface area (Å²) in [6.45, 7) is 4.70.